The summed E-state index contributed by atoms with van der Waals surface area (Å²) in [4.78, 5) is 12.6. The van der Waals surface area contributed by atoms with Gasteiger partial charge in [0.2, 0.25) is 0 Å². The minimum atomic E-state index is -0.477. The van der Waals surface area contributed by atoms with Crippen LogP contribution in [0.3, 0.4) is 0 Å². The highest BCUT2D eigenvalue weighted by molar-refractivity contribution is 6.12. The minimum absolute atomic E-state index is 0.0933. The fourth-order valence-electron chi connectivity index (χ4n) is 2.23. The Morgan fingerprint density at radius 3 is 1.92 bits per heavy atom. The molecule has 0 fully saturated rings. The van der Waals surface area contributed by atoms with Gasteiger partial charge in [-0.2, -0.15) is 0 Å². The number of rotatable bonds is 5. The van der Waals surface area contributed by atoms with Gasteiger partial charge in [-0.05, 0) is 52.0 Å². The molecule has 2 aromatic carbocycles. The maximum atomic E-state index is 12.6. The van der Waals surface area contributed by atoms with Crippen molar-refractivity contribution in [1.82, 2.24) is 0 Å². The summed E-state index contributed by atoms with van der Waals surface area (Å²) in [5.74, 6) is 0.0722. The van der Waals surface area contributed by atoms with E-state index in [4.69, 9.17) is 9.47 Å². The van der Waals surface area contributed by atoms with Gasteiger partial charge in [0.1, 0.15) is 28.6 Å². The van der Waals surface area contributed by atoms with Gasteiger partial charge >= 0.3 is 0 Å². The minimum Gasteiger partial charge on any atom is -0.507 e. The van der Waals surface area contributed by atoms with Gasteiger partial charge in [-0.15, -0.1) is 0 Å². The van der Waals surface area contributed by atoms with Crippen molar-refractivity contribution in [2.75, 3.05) is 6.61 Å². The summed E-state index contributed by atoms with van der Waals surface area (Å²) in [6, 6.07) is 8.94. The highest BCUT2D eigenvalue weighted by Crippen LogP contribution is 2.31. The third-order valence-electron chi connectivity index (χ3n) is 3.16. The lowest BCUT2D eigenvalue weighted by molar-refractivity contribution is 0.103. The van der Waals surface area contributed by atoms with Gasteiger partial charge in [0.25, 0.3) is 0 Å². The number of ether oxygens (including phenoxy) is 2. The highest BCUT2D eigenvalue weighted by Gasteiger charge is 2.19. The van der Waals surface area contributed by atoms with Crippen molar-refractivity contribution in [3.8, 4) is 23.0 Å². The first-order chi connectivity index (χ1) is 11.2. The summed E-state index contributed by atoms with van der Waals surface area (Å²) < 4.78 is 10.9. The first-order valence-electron chi connectivity index (χ1n) is 7.74. The van der Waals surface area contributed by atoms with Crippen LogP contribution in [0.4, 0.5) is 0 Å². The summed E-state index contributed by atoms with van der Waals surface area (Å²) in [6.07, 6.45) is 0. The zero-order valence-corrected chi connectivity index (χ0v) is 14.3. The number of hydrogen-bond acceptors (Lipinski definition) is 5. The average Bonchev–Trinajstić information content (AvgIpc) is 2.45. The highest BCUT2D eigenvalue weighted by atomic mass is 16.5. The number of carbonyl (C=O) groups excluding carboxylic acids is 1. The molecule has 0 unspecified atom stereocenters. The number of carbonyl (C=O) groups is 1. The number of ketones is 1. The van der Waals surface area contributed by atoms with Gasteiger partial charge in [-0.3, -0.25) is 4.79 Å². The van der Waals surface area contributed by atoms with E-state index in [1.165, 1.54) is 24.3 Å². The Balaban J connectivity index is 2.30. The van der Waals surface area contributed by atoms with Crippen molar-refractivity contribution >= 4 is 5.78 Å². The molecule has 5 nitrogen and oxygen atoms in total. The second-order valence-corrected chi connectivity index (χ2v) is 6.33. The molecule has 2 N–H and O–H groups in total. The SMILES string of the molecule is CCOc1ccc(C(=O)c2ccc(OC(C)(C)C)cc2O)c(O)c1. The smallest absolute Gasteiger partial charge is 0.200 e. The molecule has 2 aromatic rings. The van der Waals surface area contributed by atoms with E-state index < -0.39 is 11.4 Å². The van der Waals surface area contributed by atoms with E-state index in [0.29, 0.717) is 18.1 Å². The van der Waals surface area contributed by atoms with Gasteiger partial charge < -0.3 is 19.7 Å². The van der Waals surface area contributed by atoms with E-state index in [9.17, 15) is 15.0 Å². The van der Waals surface area contributed by atoms with Gasteiger partial charge in [-0.25, -0.2) is 0 Å². The molecule has 0 atom stereocenters. The van der Waals surface area contributed by atoms with E-state index >= 15 is 0 Å². The number of phenolic OH excluding ortho intramolecular Hbond substituents is 2. The Bertz CT molecular complexity index is 744. The fourth-order valence-corrected chi connectivity index (χ4v) is 2.23. The third kappa shape index (κ3) is 4.19. The Kier molecular flexibility index (Phi) is 5.02. The maximum absolute atomic E-state index is 12.6. The quantitative estimate of drug-likeness (QED) is 0.813. The van der Waals surface area contributed by atoms with E-state index in [1.807, 2.05) is 27.7 Å². The molecule has 24 heavy (non-hydrogen) atoms. The van der Waals surface area contributed by atoms with Crippen LogP contribution in [0.1, 0.15) is 43.6 Å². The van der Waals surface area contributed by atoms with Crippen molar-refractivity contribution < 1.29 is 24.5 Å². The zero-order chi connectivity index (χ0) is 17.9. The average molecular weight is 330 g/mol. The maximum Gasteiger partial charge on any atom is 0.200 e. The molecule has 0 saturated carbocycles. The molecule has 0 heterocycles. The number of phenols is 2. The molecule has 0 aliphatic carbocycles. The van der Waals surface area contributed by atoms with E-state index in [2.05, 4.69) is 0 Å². The summed E-state index contributed by atoms with van der Waals surface area (Å²) in [7, 11) is 0. The van der Waals surface area contributed by atoms with Crippen LogP contribution >= 0.6 is 0 Å². The standard InChI is InChI=1S/C19H22O5/c1-5-23-12-6-8-14(16(20)10-12)18(22)15-9-7-13(11-17(15)21)24-19(2,3)4/h6-11,20-21H,5H2,1-4H3. The largest absolute Gasteiger partial charge is 0.507 e. The molecular weight excluding hydrogens is 308 g/mol. The van der Waals surface area contributed by atoms with Gasteiger partial charge in [0.05, 0.1) is 17.7 Å². The van der Waals surface area contributed by atoms with Crippen molar-refractivity contribution in [2.24, 2.45) is 0 Å². The predicted molar refractivity (Wildman–Crippen MR) is 91.2 cm³/mol. The van der Waals surface area contributed by atoms with Crippen LogP contribution < -0.4 is 9.47 Å². The number of aromatic hydroxyl groups is 2. The van der Waals surface area contributed by atoms with E-state index in [0.717, 1.165) is 0 Å². The van der Waals surface area contributed by atoms with Crippen LogP contribution in [0.15, 0.2) is 36.4 Å². The zero-order valence-electron chi connectivity index (χ0n) is 14.3. The fraction of sp³-hybridized carbons (Fsp3) is 0.316. The molecule has 2 rings (SSSR count). The Hall–Kier alpha value is -2.69. The molecule has 128 valence electrons. The summed E-state index contributed by atoms with van der Waals surface area (Å²) in [5.41, 5.74) is -0.223. The Labute approximate surface area is 141 Å². The van der Waals surface area contributed by atoms with E-state index in [-0.39, 0.29) is 22.6 Å². The number of benzene rings is 2. The van der Waals surface area contributed by atoms with Crippen LogP contribution in [0, 0.1) is 0 Å². The first-order valence-corrected chi connectivity index (χ1v) is 7.74. The monoisotopic (exact) mass is 330 g/mol. The molecular formula is C19H22O5. The molecule has 0 aromatic heterocycles. The van der Waals surface area contributed by atoms with Gasteiger partial charge in [0.15, 0.2) is 5.78 Å². The third-order valence-corrected chi connectivity index (χ3v) is 3.16. The second-order valence-electron chi connectivity index (χ2n) is 6.33. The molecule has 0 aliphatic rings. The molecule has 0 amide bonds. The summed E-state index contributed by atoms with van der Waals surface area (Å²) in [5, 5.41) is 20.2. The van der Waals surface area contributed by atoms with Crippen molar-refractivity contribution in [3.05, 3.63) is 47.5 Å². The van der Waals surface area contributed by atoms with Gasteiger partial charge in [0, 0.05) is 12.1 Å². The van der Waals surface area contributed by atoms with Gasteiger partial charge in [-0.1, -0.05) is 0 Å². The second kappa shape index (κ2) is 6.83. The van der Waals surface area contributed by atoms with Crippen molar-refractivity contribution in [3.63, 3.8) is 0 Å². The summed E-state index contributed by atoms with van der Waals surface area (Å²) in [6.45, 7) is 7.96. The van der Waals surface area contributed by atoms with Crippen molar-refractivity contribution in [1.29, 1.82) is 0 Å². The first kappa shape index (κ1) is 17.7. The molecule has 0 bridgehead atoms. The lowest BCUT2D eigenvalue weighted by Crippen LogP contribution is -2.22. The lowest BCUT2D eigenvalue weighted by atomic mass is 10.0. The molecule has 0 spiro atoms. The predicted octanol–water partition coefficient (Wildman–Crippen LogP) is 3.90. The van der Waals surface area contributed by atoms with Crippen molar-refractivity contribution in [2.45, 2.75) is 33.3 Å². The topological polar surface area (TPSA) is 76.0 Å². The molecule has 0 aliphatic heterocycles. The van der Waals surface area contributed by atoms with Crippen LogP contribution in [0.2, 0.25) is 0 Å². The molecule has 0 radical (unpaired) electrons. The number of hydrogen-bond donors (Lipinski definition) is 2. The molecule has 0 saturated heterocycles. The normalized spacial score (nSPS) is 11.2. The summed E-state index contributed by atoms with van der Waals surface area (Å²) >= 11 is 0. The lowest BCUT2D eigenvalue weighted by Gasteiger charge is -2.21. The molecule has 5 heteroatoms. The van der Waals surface area contributed by atoms with E-state index in [1.54, 1.807) is 12.1 Å². The Morgan fingerprint density at radius 2 is 1.46 bits per heavy atom. The van der Waals surface area contributed by atoms with Crippen LogP contribution in [0.5, 0.6) is 23.0 Å². The van der Waals surface area contributed by atoms with Crippen LogP contribution in [-0.2, 0) is 0 Å². The Morgan fingerprint density at radius 1 is 0.958 bits per heavy atom. The van der Waals surface area contributed by atoms with Crippen LogP contribution in [-0.4, -0.2) is 28.2 Å². The van der Waals surface area contributed by atoms with Crippen LogP contribution in [0.25, 0.3) is 0 Å².